The Morgan fingerprint density at radius 3 is 2.15 bits per heavy atom. The summed E-state index contributed by atoms with van der Waals surface area (Å²) in [4.78, 5) is 4.07. The Morgan fingerprint density at radius 1 is 0.733 bits per heavy atom. The van der Waals surface area contributed by atoms with Crippen molar-refractivity contribution in [3.05, 3.63) is 124 Å². The smallest absolute Gasteiger partial charge is 0.243 e. The number of sulfonamides is 1. The molecule has 14 heteroatoms. The monoisotopic (exact) mass is 841 g/mol. The van der Waals surface area contributed by atoms with Crippen LogP contribution in [0.4, 0.5) is 8.78 Å². The Labute approximate surface area is 349 Å². The SMILES string of the molecule is COc1cc2c3cc1Oc1c(OC)c(OC)cc4c1[C@@H](Cc1ccc(OCCCNS(=O)(=O)c5ccc(F)cc5F)c(c1)Oc1ccc(cc1)C[C@@H]3N(C)CC2)N(C)CC4. The minimum atomic E-state index is -4.20. The molecule has 4 aliphatic heterocycles. The van der Waals surface area contributed by atoms with Crippen LogP contribution in [-0.2, 0) is 35.7 Å². The van der Waals surface area contributed by atoms with Crippen molar-refractivity contribution >= 4 is 10.0 Å². The third-order valence-electron chi connectivity index (χ3n) is 11.7. The first-order valence-corrected chi connectivity index (χ1v) is 21.5. The van der Waals surface area contributed by atoms with Crippen molar-refractivity contribution in [2.24, 2.45) is 0 Å². The zero-order valence-corrected chi connectivity index (χ0v) is 35.2. The molecule has 1 N–H and O–H groups in total. The minimum absolute atomic E-state index is 0.0336. The summed E-state index contributed by atoms with van der Waals surface area (Å²) in [6, 6.07) is 22.5. The summed E-state index contributed by atoms with van der Waals surface area (Å²) in [5.41, 5.74) is 6.61. The molecule has 5 aromatic carbocycles. The first kappa shape index (κ1) is 41.3. The van der Waals surface area contributed by atoms with Gasteiger partial charge in [0.25, 0.3) is 0 Å². The van der Waals surface area contributed by atoms with Crippen LogP contribution in [0, 0.1) is 11.6 Å². The van der Waals surface area contributed by atoms with E-state index in [1.165, 1.54) is 11.1 Å². The number of ether oxygens (including phenoxy) is 6. The highest BCUT2D eigenvalue weighted by molar-refractivity contribution is 7.89. The van der Waals surface area contributed by atoms with Crippen LogP contribution in [0.1, 0.15) is 51.9 Å². The van der Waals surface area contributed by atoms with Crippen LogP contribution in [0.15, 0.2) is 83.8 Å². The van der Waals surface area contributed by atoms with Gasteiger partial charge in [0.2, 0.25) is 15.8 Å². The van der Waals surface area contributed by atoms with E-state index >= 15 is 0 Å². The van der Waals surface area contributed by atoms with Crippen LogP contribution >= 0.6 is 0 Å². The topological polar surface area (TPSA) is 108 Å². The minimum Gasteiger partial charge on any atom is -0.493 e. The third-order valence-corrected chi connectivity index (χ3v) is 13.2. The van der Waals surface area contributed by atoms with Gasteiger partial charge in [0.1, 0.15) is 22.3 Å². The molecule has 0 saturated carbocycles. The van der Waals surface area contributed by atoms with Gasteiger partial charge in [-0.2, -0.15) is 0 Å². The summed E-state index contributed by atoms with van der Waals surface area (Å²) in [6.45, 7) is 1.79. The lowest BCUT2D eigenvalue weighted by Gasteiger charge is -2.37. The number of benzene rings is 5. The van der Waals surface area contributed by atoms with Crippen LogP contribution in [-0.4, -0.2) is 79.9 Å². The Hall–Kier alpha value is -5.41. The molecule has 0 amide bonds. The Balaban J connectivity index is 1.16. The zero-order chi connectivity index (χ0) is 42.1. The van der Waals surface area contributed by atoms with Crippen LogP contribution in [0.2, 0.25) is 0 Å². The van der Waals surface area contributed by atoms with E-state index in [-0.39, 0.29) is 31.7 Å². The molecule has 0 radical (unpaired) electrons. The summed E-state index contributed by atoms with van der Waals surface area (Å²) < 4.78 is 93.2. The van der Waals surface area contributed by atoms with Crippen molar-refractivity contribution in [3.63, 3.8) is 0 Å². The summed E-state index contributed by atoms with van der Waals surface area (Å²) in [5, 5.41) is 0. The summed E-state index contributed by atoms with van der Waals surface area (Å²) in [7, 11) is 4.99. The fourth-order valence-corrected chi connectivity index (χ4v) is 9.59. The zero-order valence-electron chi connectivity index (χ0n) is 34.3. The second-order valence-electron chi connectivity index (χ2n) is 15.4. The van der Waals surface area contributed by atoms with Gasteiger partial charge < -0.3 is 28.4 Å². The van der Waals surface area contributed by atoms with E-state index in [1.54, 1.807) is 21.3 Å². The van der Waals surface area contributed by atoms with E-state index in [4.69, 9.17) is 28.4 Å². The standard InChI is InChI=1S/C46H49F2N3O8S/c1-50-18-15-30-24-39(54-3)41-27-34(30)36(50)21-28-7-11-33(12-8-28)58-40-23-29(22-37-44-31(16-19-51(37)2)25-42(55-4)45(56-5)46(44)59-41)9-13-38(40)57-20-6-17-49-60(52,53)43-14-10-32(47)26-35(43)48/h7-14,23-27,36-37,49H,6,15-22H2,1-5H3/t36-,37+/m0/s1. The van der Waals surface area contributed by atoms with Gasteiger partial charge in [-0.1, -0.05) is 18.2 Å². The maximum absolute atomic E-state index is 14.2. The molecular weight excluding hydrogens is 793 g/mol. The van der Waals surface area contributed by atoms with E-state index in [9.17, 15) is 17.2 Å². The average molecular weight is 842 g/mol. The molecule has 2 atom stereocenters. The molecule has 4 heterocycles. The Morgan fingerprint density at radius 2 is 1.42 bits per heavy atom. The van der Waals surface area contributed by atoms with Gasteiger partial charge in [-0.15, -0.1) is 0 Å². The van der Waals surface area contributed by atoms with Crippen molar-refractivity contribution in [1.29, 1.82) is 0 Å². The molecule has 0 saturated heterocycles. The molecule has 316 valence electrons. The second kappa shape index (κ2) is 17.3. The fourth-order valence-electron chi connectivity index (χ4n) is 8.46. The second-order valence-corrected chi connectivity index (χ2v) is 17.2. The van der Waals surface area contributed by atoms with Crippen molar-refractivity contribution in [2.45, 2.75) is 49.1 Å². The summed E-state index contributed by atoms with van der Waals surface area (Å²) >= 11 is 0. The summed E-state index contributed by atoms with van der Waals surface area (Å²) in [5.74, 6) is 2.48. The number of methoxy groups -OCH3 is 3. The largest absolute Gasteiger partial charge is 0.493 e. The van der Waals surface area contributed by atoms with Gasteiger partial charge in [0.15, 0.2) is 34.5 Å². The molecule has 5 aromatic rings. The van der Waals surface area contributed by atoms with Crippen molar-refractivity contribution in [2.75, 3.05) is 61.7 Å². The number of fused-ring (bicyclic) bond motifs is 2. The number of nitrogens with zero attached hydrogens (tertiary/aromatic N) is 2. The molecular formula is C46H49F2N3O8S. The average Bonchev–Trinajstić information content (AvgIpc) is 3.23. The molecule has 6 bridgehead atoms. The van der Waals surface area contributed by atoms with Gasteiger partial charge >= 0.3 is 0 Å². The highest BCUT2D eigenvalue weighted by Gasteiger charge is 2.35. The van der Waals surface area contributed by atoms with Crippen molar-refractivity contribution in [1.82, 2.24) is 14.5 Å². The van der Waals surface area contributed by atoms with E-state index < -0.39 is 26.6 Å². The van der Waals surface area contributed by atoms with Gasteiger partial charge in [-0.3, -0.25) is 9.80 Å². The van der Waals surface area contributed by atoms with Crippen molar-refractivity contribution < 1.29 is 45.6 Å². The Kier molecular flexibility index (Phi) is 11.9. The Bertz CT molecular complexity index is 2500. The first-order valence-electron chi connectivity index (χ1n) is 20.0. The van der Waals surface area contributed by atoms with E-state index in [0.29, 0.717) is 58.5 Å². The molecule has 0 fully saturated rings. The maximum Gasteiger partial charge on any atom is 0.243 e. The van der Waals surface area contributed by atoms with E-state index in [2.05, 4.69) is 52.9 Å². The van der Waals surface area contributed by atoms with Crippen LogP contribution in [0.3, 0.4) is 0 Å². The number of likely N-dealkylation sites (N-methyl/N-ethyl adjacent to an activating group) is 2. The number of hydrogen-bond donors (Lipinski definition) is 1. The predicted molar refractivity (Wildman–Crippen MR) is 223 cm³/mol. The lowest BCUT2D eigenvalue weighted by Crippen LogP contribution is -2.34. The lowest BCUT2D eigenvalue weighted by atomic mass is 9.87. The van der Waals surface area contributed by atoms with E-state index in [1.807, 2.05) is 36.4 Å². The first-order chi connectivity index (χ1) is 29.0. The lowest BCUT2D eigenvalue weighted by molar-refractivity contribution is 0.220. The highest BCUT2D eigenvalue weighted by atomic mass is 32.2. The normalized spacial score (nSPS) is 17.7. The van der Waals surface area contributed by atoms with Crippen LogP contribution in [0.5, 0.6) is 46.0 Å². The van der Waals surface area contributed by atoms with Crippen LogP contribution in [0.25, 0.3) is 0 Å². The maximum atomic E-state index is 14.2. The predicted octanol–water partition coefficient (Wildman–Crippen LogP) is 8.18. The fraction of sp³-hybridized carbons (Fsp3) is 0.348. The van der Waals surface area contributed by atoms with Gasteiger partial charge in [-0.25, -0.2) is 21.9 Å². The van der Waals surface area contributed by atoms with Gasteiger partial charge in [0, 0.05) is 43.3 Å². The molecule has 0 unspecified atom stereocenters. The molecule has 60 heavy (non-hydrogen) atoms. The molecule has 4 aliphatic rings. The highest BCUT2D eigenvalue weighted by Crippen LogP contribution is 2.52. The number of nitrogens with one attached hydrogen (secondary N) is 1. The number of halogens is 2. The summed E-state index contributed by atoms with van der Waals surface area (Å²) in [6.07, 6.45) is 3.26. The van der Waals surface area contributed by atoms with Crippen molar-refractivity contribution in [3.8, 4) is 46.0 Å². The molecule has 0 spiro atoms. The van der Waals surface area contributed by atoms with Crippen LogP contribution < -0.4 is 33.1 Å². The molecule has 0 aliphatic carbocycles. The van der Waals surface area contributed by atoms with E-state index in [0.717, 1.165) is 66.7 Å². The molecule has 9 rings (SSSR count). The van der Waals surface area contributed by atoms with Gasteiger partial charge in [0.05, 0.1) is 27.9 Å². The number of hydrogen-bond acceptors (Lipinski definition) is 10. The third kappa shape index (κ3) is 8.33. The molecule has 11 nitrogen and oxygen atoms in total. The number of rotatable bonds is 10. The molecule has 0 aromatic heterocycles. The quantitative estimate of drug-likeness (QED) is 0.138. The van der Waals surface area contributed by atoms with Gasteiger partial charge in [-0.05, 0) is 129 Å².